The maximum absolute atomic E-state index is 4.20. The van der Waals surface area contributed by atoms with Crippen molar-refractivity contribution < 1.29 is 0 Å². The zero-order chi connectivity index (χ0) is 14.8. The monoisotopic (exact) mass is 283 g/mol. The minimum absolute atomic E-state index is 0.731. The van der Waals surface area contributed by atoms with Crippen molar-refractivity contribution in [1.29, 1.82) is 0 Å². The van der Waals surface area contributed by atoms with Gasteiger partial charge in [-0.2, -0.15) is 5.10 Å². The molecule has 0 amide bonds. The normalized spacial score (nSPS) is 10.8. The van der Waals surface area contributed by atoms with E-state index in [2.05, 4.69) is 31.0 Å². The minimum Gasteiger partial charge on any atom is -0.381 e. The Hall–Kier alpha value is -2.70. The van der Waals surface area contributed by atoms with E-state index < -0.39 is 0 Å². The van der Waals surface area contributed by atoms with E-state index in [0.717, 1.165) is 35.0 Å². The predicted octanol–water partition coefficient (Wildman–Crippen LogP) is 1.83. The van der Waals surface area contributed by atoms with Crippen molar-refractivity contribution in [1.82, 2.24) is 30.4 Å². The van der Waals surface area contributed by atoms with E-state index in [-0.39, 0.29) is 0 Å². The molecule has 21 heavy (non-hydrogen) atoms. The number of aromatic amines is 1. The summed E-state index contributed by atoms with van der Waals surface area (Å²) in [5, 5.41) is 22.2. The molecule has 0 bridgehead atoms. The van der Waals surface area contributed by atoms with Gasteiger partial charge in [-0.05, 0) is 36.4 Å². The van der Waals surface area contributed by atoms with E-state index in [1.165, 1.54) is 5.56 Å². The van der Waals surface area contributed by atoms with Gasteiger partial charge in [-0.3, -0.25) is 5.10 Å². The topological polar surface area (TPSA) is 84.3 Å². The zero-order valence-corrected chi connectivity index (χ0v) is 12.3. The quantitative estimate of drug-likeness (QED) is 0.763. The number of aryl methyl sites for hydroxylation is 3. The van der Waals surface area contributed by atoms with Gasteiger partial charge in [0.15, 0.2) is 5.82 Å². The molecule has 0 radical (unpaired) electrons. The van der Waals surface area contributed by atoms with Crippen molar-refractivity contribution >= 4 is 5.69 Å². The second kappa shape index (κ2) is 5.35. The van der Waals surface area contributed by atoms with Gasteiger partial charge in [-0.25, -0.2) is 4.68 Å². The molecule has 108 valence electrons. The number of anilines is 1. The van der Waals surface area contributed by atoms with Crippen LogP contribution in [0.2, 0.25) is 0 Å². The maximum Gasteiger partial charge on any atom is 0.181 e. The Morgan fingerprint density at radius 1 is 1.29 bits per heavy atom. The molecule has 0 unspecified atom stereocenters. The lowest BCUT2D eigenvalue weighted by Crippen LogP contribution is -2.02. The summed E-state index contributed by atoms with van der Waals surface area (Å²) in [5.41, 5.74) is 5.31. The van der Waals surface area contributed by atoms with Crippen molar-refractivity contribution in [2.24, 2.45) is 7.05 Å². The molecule has 0 atom stereocenters. The van der Waals surface area contributed by atoms with Crippen LogP contribution < -0.4 is 5.32 Å². The van der Waals surface area contributed by atoms with Gasteiger partial charge < -0.3 is 5.32 Å². The Balaban J connectivity index is 1.80. The van der Waals surface area contributed by atoms with Crippen molar-refractivity contribution in [3.05, 3.63) is 41.2 Å². The summed E-state index contributed by atoms with van der Waals surface area (Å²) in [4.78, 5) is 0. The van der Waals surface area contributed by atoms with Crippen LogP contribution in [0.15, 0.2) is 24.3 Å². The second-order valence-electron chi connectivity index (χ2n) is 4.97. The van der Waals surface area contributed by atoms with E-state index in [9.17, 15) is 0 Å². The Morgan fingerprint density at radius 3 is 2.81 bits per heavy atom. The van der Waals surface area contributed by atoms with E-state index in [0.29, 0.717) is 0 Å². The molecular weight excluding hydrogens is 266 g/mol. The third-order valence-electron chi connectivity index (χ3n) is 3.49. The molecule has 3 aromatic rings. The Morgan fingerprint density at radius 2 is 2.14 bits per heavy atom. The van der Waals surface area contributed by atoms with Crippen molar-refractivity contribution in [3.8, 4) is 11.4 Å². The van der Waals surface area contributed by atoms with E-state index in [1.807, 2.05) is 45.2 Å². The highest BCUT2D eigenvalue weighted by Crippen LogP contribution is 2.20. The first-order chi connectivity index (χ1) is 10.1. The van der Waals surface area contributed by atoms with Crippen molar-refractivity contribution in [3.63, 3.8) is 0 Å². The Kier molecular flexibility index (Phi) is 3.39. The van der Waals surface area contributed by atoms with Crippen molar-refractivity contribution in [2.75, 3.05) is 5.32 Å². The second-order valence-corrected chi connectivity index (χ2v) is 4.97. The molecule has 3 rings (SSSR count). The van der Waals surface area contributed by atoms with E-state index in [4.69, 9.17) is 0 Å². The predicted molar refractivity (Wildman–Crippen MR) is 79.6 cm³/mol. The van der Waals surface area contributed by atoms with Crippen LogP contribution in [0, 0.1) is 13.8 Å². The zero-order valence-electron chi connectivity index (χ0n) is 12.3. The highest BCUT2D eigenvalue weighted by molar-refractivity contribution is 5.62. The summed E-state index contributed by atoms with van der Waals surface area (Å²) in [6, 6.07) is 8.04. The summed E-state index contributed by atoms with van der Waals surface area (Å²) < 4.78 is 1.66. The van der Waals surface area contributed by atoms with Gasteiger partial charge in [0.2, 0.25) is 0 Å². The SMILES string of the molecule is Cc1n[nH]c(C)c1CNc1cccc(-c2nnnn2C)c1. The molecule has 7 heteroatoms. The average molecular weight is 283 g/mol. The van der Waals surface area contributed by atoms with Gasteiger partial charge in [-0.15, -0.1) is 5.10 Å². The summed E-state index contributed by atoms with van der Waals surface area (Å²) in [6.45, 7) is 4.76. The molecule has 0 fully saturated rings. The third kappa shape index (κ3) is 2.62. The third-order valence-corrected chi connectivity index (χ3v) is 3.49. The van der Waals surface area contributed by atoms with Gasteiger partial charge in [0.1, 0.15) is 0 Å². The summed E-state index contributed by atoms with van der Waals surface area (Å²) >= 11 is 0. The van der Waals surface area contributed by atoms with Crippen LogP contribution in [0.25, 0.3) is 11.4 Å². The fraction of sp³-hybridized carbons (Fsp3) is 0.286. The molecule has 7 nitrogen and oxygen atoms in total. The minimum atomic E-state index is 0.731. The molecule has 0 saturated heterocycles. The number of hydrogen-bond donors (Lipinski definition) is 2. The number of H-pyrrole nitrogens is 1. The molecule has 2 N–H and O–H groups in total. The van der Waals surface area contributed by atoms with Crippen LogP contribution in [0.1, 0.15) is 17.0 Å². The fourth-order valence-electron chi connectivity index (χ4n) is 2.27. The van der Waals surface area contributed by atoms with Gasteiger partial charge >= 0.3 is 0 Å². The van der Waals surface area contributed by atoms with Crippen LogP contribution in [0.4, 0.5) is 5.69 Å². The standard InChI is InChI=1S/C14H17N7/c1-9-13(10(2)17-16-9)8-15-12-6-4-5-11(7-12)14-18-19-20-21(14)3/h4-7,15H,8H2,1-3H3,(H,16,17). The summed E-state index contributed by atoms with van der Waals surface area (Å²) in [7, 11) is 1.83. The molecule has 0 aliphatic carbocycles. The lowest BCUT2D eigenvalue weighted by Gasteiger charge is -2.08. The Bertz CT molecular complexity index is 737. The molecule has 2 heterocycles. The van der Waals surface area contributed by atoms with Gasteiger partial charge in [0.05, 0.1) is 5.69 Å². The summed E-state index contributed by atoms with van der Waals surface area (Å²) in [6.07, 6.45) is 0. The lowest BCUT2D eigenvalue weighted by molar-refractivity contribution is 0.714. The number of hydrogen-bond acceptors (Lipinski definition) is 5. The molecule has 2 aromatic heterocycles. The van der Waals surface area contributed by atoms with Crippen LogP contribution >= 0.6 is 0 Å². The molecule has 0 saturated carbocycles. The first kappa shape index (κ1) is 13.3. The summed E-state index contributed by atoms with van der Waals surface area (Å²) in [5.74, 6) is 0.745. The molecular formula is C14H17N7. The largest absolute Gasteiger partial charge is 0.381 e. The van der Waals surface area contributed by atoms with Gasteiger partial charge in [0, 0.05) is 36.1 Å². The van der Waals surface area contributed by atoms with Crippen LogP contribution in [-0.4, -0.2) is 30.4 Å². The van der Waals surface area contributed by atoms with Crippen LogP contribution in [0.5, 0.6) is 0 Å². The smallest absolute Gasteiger partial charge is 0.181 e. The Labute approximate surface area is 122 Å². The highest BCUT2D eigenvalue weighted by atomic mass is 15.5. The highest BCUT2D eigenvalue weighted by Gasteiger charge is 2.08. The maximum atomic E-state index is 4.20. The number of rotatable bonds is 4. The molecule has 0 aliphatic heterocycles. The molecule has 0 spiro atoms. The van der Waals surface area contributed by atoms with Crippen LogP contribution in [-0.2, 0) is 13.6 Å². The average Bonchev–Trinajstić information content (AvgIpc) is 3.04. The molecule has 1 aromatic carbocycles. The number of nitrogens with one attached hydrogen (secondary N) is 2. The number of nitrogens with zero attached hydrogens (tertiary/aromatic N) is 5. The number of benzene rings is 1. The van der Waals surface area contributed by atoms with Gasteiger partial charge in [0.25, 0.3) is 0 Å². The van der Waals surface area contributed by atoms with E-state index >= 15 is 0 Å². The van der Waals surface area contributed by atoms with E-state index in [1.54, 1.807) is 4.68 Å². The molecule has 0 aliphatic rings. The lowest BCUT2D eigenvalue weighted by atomic mass is 10.1. The van der Waals surface area contributed by atoms with Gasteiger partial charge in [-0.1, -0.05) is 12.1 Å². The number of tetrazole rings is 1. The fourth-order valence-corrected chi connectivity index (χ4v) is 2.27. The van der Waals surface area contributed by atoms with Crippen molar-refractivity contribution in [2.45, 2.75) is 20.4 Å². The first-order valence-electron chi connectivity index (χ1n) is 6.72. The van der Waals surface area contributed by atoms with Crippen LogP contribution in [0.3, 0.4) is 0 Å². The number of aromatic nitrogens is 6. The first-order valence-corrected chi connectivity index (χ1v) is 6.72.